The van der Waals surface area contributed by atoms with Gasteiger partial charge in [0.2, 0.25) is 10.0 Å². The molecule has 10 heteroatoms. The molecule has 1 amide bonds. The van der Waals surface area contributed by atoms with Crippen LogP contribution in [-0.2, 0) is 16.6 Å². The molecule has 0 saturated carbocycles. The van der Waals surface area contributed by atoms with Crippen LogP contribution < -0.4 is 14.4 Å². The van der Waals surface area contributed by atoms with Crippen LogP contribution in [0.15, 0.2) is 60.7 Å². The third-order valence-corrected chi connectivity index (χ3v) is 5.79. The van der Waals surface area contributed by atoms with Crippen LogP contribution in [0.4, 0.5) is 24.5 Å². The lowest BCUT2D eigenvalue weighted by atomic mass is 10.1. The highest BCUT2D eigenvalue weighted by Crippen LogP contribution is 2.28. The molecule has 0 aliphatic rings. The molecule has 3 rings (SSSR count). The number of rotatable bonds is 8. The molecule has 0 radical (unpaired) electrons. The quantitative estimate of drug-likeness (QED) is 0.508. The summed E-state index contributed by atoms with van der Waals surface area (Å²) in [7, 11) is -3.80. The molecular formula is C23H21F3N2O4S. The number of nitrogens with zero attached hydrogens (tertiary/aromatic N) is 1. The van der Waals surface area contributed by atoms with Gasteiger partial charge in [-0.2, -0.15) is 0 Å². The topological polar surface area (TPSA) is 75.7 Å². The Morgan fingerprint density at radius 3 is 2.21 bits per heavy atom. The van der Waals surface area contributed by atoms with Gasteiger partial charge in [0.25, 0.3) is 5.91 Å². The second-order valence-electron chi connectivity index (χ2n) is 7.05. The minimum atomic E-state index is -3.80. The monoisotopic (exact) mass is 478 g/mol. The summed E-state index contributed by atoms with van der Waals surface area (Å²) >= 11 is 0. The van der Waals surface area contributed by atoms with Crippen molar-refractivity contribution in [2.24, 2.45) is 0 Å². The summed E-state index contributed by atoms with van der Waals surface area (Å²) in [6.07, 6.45) is 0.994. The number of nitrogens with one attached hydrogen (secondary N) is 1. The standard InChI is InChI=1S/C23H21F3N2O4S/c1-3-32-21-12-7-15(23(29)27-22-19(25)5-4-6-20(22)26)13-16(21)14-28(33(2,30)31)18-10-8-17(24)9-11-18/h4-13H,3,14H2,1-2H3,(H,27,29). The fourth-order valence-corrected chi connectivity index (χ4v) is 3.98. The van der Waals surface area contributed by atoms with Gasteiger partial charge in [-0.05, 0) is 61.5 Å². The molecule has 0 heterocycles. The van der Waals surface area contributed by atoms with E-state index in [-0.39, 0.29) is 24.4 Å². The molecule has 3 aromatic carbocycles. The van der Waals surface area contributed by atoms with Crippen LogP contribution in [0.1, 0.15) is 22.8 Å². The van der Waals surface area contributed by atoms with Crippen molar-refractivity contribution in [1.82, 2.24) is 0 Å². The van der Waals surface area contributed by atoms with Crippen LogP contribution in [0.5, 0.6) is 5.75 Å². The number of amides is 1. The number of carbonyl (C=O) groups excluding carboxylic acids is 1. The predicted molar refractivity (Wildman–Crippen MR) is 119 cm³/mol. The summed E-state index contributed by atoms with van der Waals surface area (Å²) in [5.41, 5.74) is -0.0245. The molecule has 1 N–H and O–H groups in total. The number of halogens is 3. The Kier molecular flexibility index (Phi) is 7.27. The SMILES string of the molecule is CCOc1ccc(C(=O)Nc2c(F)cccc2F)cc1CN(c1ccc(F)cc1)S(C)(=O)=O. The van der Waals surface area contributed by atoms with Gasteiger partial charge in [-0.15, -0.1) is 0 Å². The molecule has 0 aliphatic heterocycles. The molecule has 0 spiro atoms. The molecule has 6 nitrogen and oxygen atoms in total. The number of sulfonamides is 1. The summed E-state index contributed by atoms with van der Waals surface area (Å²) in [6, 6.07) is 12.3. The number of carbonyl (C=O) groups is 1. The predicted octanol–water partition coefficient (Wildman–Crippen LogP) is 4.72. The van der Waals surface area contributed by atoms with E-state index in [4.69, 9.17) is 4.74 Å². The fourth-order valence-electron chi connectivity index (χ4n) is 3.11. The maximum atomic E-state index is 13.9. The van der Waals surface area contributed by atoms with Gasteiger partial charge < -0.3 is 10.1 Å². The lowest BCUT2D eigenvalue weighted by Crippen LogP contribution is -2.29. The third kappa shape index (κ3) is 5.83. The summed E-state index contributed by atoms with van der Waals surface area (Å²) in [5, 5.41) is 2.19. The van der Waals surface area contributed by atoms with Crippen molar-refractivity contribution in [3.8, 4) is 5.75 Å². The Morgan fingerprint density at radius 1 is 1.00 bits per heavy atom. The Labute approximate surface area is 189 Å². The van der Waals surface area contributed by atoms with Crippen molar-refractivity contribution < 1.29 is 31.1 Å². The first-order chi connectivity index (χ1) is 15.6. The van der Waals surface area contributed by atoms with Gasteiger partial charge in [-0.1, -0.05) is 6.07 Å². The normalized spacial score (nSPS) is 11.2. The number of anilines is 2. The van der Waals surface area contributed by atoms with Gasteiger partial charge >= 0.3 is 0 Å². The molecule has 0 fully saturated rings. The number of hydrogen-bond donors (Lipinski definition) is 1. The van der Waals surface area contributed by atoms with Crippen LogP contribution in [0, 0.1) is 17.5 Å². The molecule has 3 aromatic rings. The average molecular weight is 478 g/mol. The zero-order chi connectivity index (χ0) is 24.2. The van der Waals surface area contributed by atoms with E-state index in [0.717, 1.165) is 34.8 Å². The second kappa shape index (κ2) is 9.95. The van der Waals surface area contributed by atoms with Gasteiger partial charge in [-0.25, -0.2) is 21.6 Å². The van der Waals surface area contributed by atoms with Crippen LogP contribution in [-0.4, -0.2) is 27.2 Å². The first-order valence-corrected chi connectivity index (χ1v) is 11.7. The van der Waals surface area contributed by atoms with Crippen molar-refractivity contribution in [2.75, 3.05) is 22.5 Å². The van der Waals surface area contributed by atoms with Crippen LogP contribution in [0.25, 0.3) is 0 Å². The molecular weight excluding hydrogens is 457 g/mol. The Bertz CT molecular complexity index is 1240. The van der Waals surface area contributed by atoms with E-state index in [0.29, 0.717) is 11.3 Å². The largest absolute Gasteiger partial charge is 0.494 e. The van der Waals surface area contributed by atoms with Crippen molar-refractivity contribution in [2.45, 2.75) is 13.5 Å². The van der Waals surface area contributed by atoms with E-state index in [1.807, 2.05) is 0 Å². The van der Waals surface area contributed by atoms with Crippen LogP contribution in [0.3, 0.4) is 0 Å². The van der Waals surface area contributed by atoms with E-state index in [1.165, 1.54) is 36.4 Å². The summed E-state index contributed by atoms with van der Waals surface area (Å²) in [5.74, 6) is -2.87. The summed E-state index contributed by atoms with van der Waals surface area (Å²) in [4.78, 5) is 12.7. The maximum Gasteiger partial charge on any atom is 0.255 e. The third-order valence-electron chi connectivity index (χ3n) is 4.65. The summed E-state index contributed by atoms with van der Waals surface area (Å²) in [6.45, 7) is 1.78. The molecule has 0 aliphatic carbocycles. The van der Waals surface area contributed by atoms with E-state index in [9.17, 15) is 26.4 Å². The Hall–Kier alpha value is -3.53. The molecule has 0 unspecified atom stereocenters. The van der Waals surface area contributed by atoms with Gasteiger partial charge in [0.05, 0.1) is 25.1 Å². The van der Waals surface area contributed by atoms with Gasteiger partial charge in [0.15, 0.2) is 0 Å². The fraction of sp³-hybridized carbons (Fsp3) is 0.174. The number of ether oxygens (including phenoxy) is 1. The van der Waals surface area contributed by atoms with Gasteiger partial charge in [0, 0.05) is 11.1 Å². The smallest absolute Gasteiger partial charge is 0.255 e. The highest BCUT2D eigenvalue weighted by Gasteiger charge is 2.22. The minimum Gasteiger partial charge on any atom is -0.494 e. The van der Waals surface area contributed by atoms with Gasteiger partial charge in [0.1, 0.15) is 28.9 Å². The molecule has 174 valence electrons. The molecule has 0 bridgehead atoms. The zero-order valence-corrected chi connectivity index (χ0v) is 18.6. The summed E-state index contributed by atoms with van der Waals surface area (Å²) < 4.78 is 72.7. The van der Waals surface area contributed by atoms with Crippen molar-refractivity contribution in [1.29, 1.82) is 0 Å². The van der Waals surface area contributed by atoms with E-state index in [2.05, 4.69) is 5.32 Å². The lowest BCUT2D eigenvalue weighted by molar-refractivity contribution is 0.102. The van der Waals surface area contributed by atoms with Crippen molar-refractivity contribution in [3.05, 3.63) is 89.2 Å². The minimum absolute atomic E-state index is 0.0312. The Morgan fingerprint density at radius 2 is 1.64 bits per heavy atom. The lowest BCUT2D eigenvalue weighted by Gasteiger charge is -2.24. The number of para-hydroxylation sites is 1. The first kappa shape index (κ1) is 24.1. The molecule has 0 saturated heterocycles. The number of hydrogen-bond acceptors (Lipinski definition) is 4. The number of benzene rings is 3. The highest BCUT2D eigenvalue weighted by atomic mass is 32.2. The molecule has 0 aromatic heterocycles. The van der Waals surface area contributed by atoms with Crippen LogP contribution >= 0.6 is 0 Å². The average Bonchev–Trinajstić information content (AvgIpc) is 2.75. The molecule has 33 heavy (non-hydrogen) atoms. The highest BCUT2D eigenvalue weighted by molar-refractivity contribution is 7.92. The van der Waals surface area contributed by atoms with E-state index < -0.39 is 39.1 Å². The van der Waals surface area contributed by atoms with Gasteiger partial charge in [-0.3, -0.25) is 9.10 Å². The second-order valence-corrected chi connectivity index (χ2v) is 8.96. The van der Waals surface area contributed by atoms with E-state index >= 15 is 0 Å². The first-order valence-electron chi connectivity index (χ1n) is 9.84. The van der Waals surface area contributed by atoms with Crippen molar-refractivity contribution in [3.63, 3.8) is 0 Å². The molecule has 0 atom stereocenters. The van der Waals surface area contributed by atoms with Crippen LogP contribution in [0.2, 0.25) is 0 Å². The van der Waals surface area contributed by atoms with E-state index in [1.54, 1.807) is 6.92 Å². The maximum absolute atomic E-state index is 13.9. The zero-order valence-electron chi connectivity index (χ0n) is 17.8. The Balaban J connectivity index is 1.98. The van der Waals surface area contributed by atoms with Crippen molar-refractivity contribution >= 4 is 27.3 Å².